The lowest BCUT2D eigenvalue weighted by atomic mass is 9.95. The van der Waals surface area contributed by atoms with E-state index in [0.29, 0.717) is 16.7 Å². The maximum atomic E-state index is 14.5. The van der Waals surface area contributed by atoms with Crippen LogP contribution >= 0.6 is 0 Å². The van der Waals surface area contributed by atoms with Crippen LogP contribution < -0.4 is 10.6 Å². The van der Waals surface area contributed by atoms with E-state index in [2.05, 4.69) is 17.2 Å². The number of amides is 2. The van der Waals surface area contributed by atoms with E-state index in [9.17, 15) is 19.1 Å². The molecule has 0 unspecified atom stereocenters. The van der Waals surface area contributed by atoms with Crippen molar-refractivity contribution >= 4 is 11.8 Å². The zero-order valence-electron chi connectivity index (χ0n) is 16.8. The molecule has 3 rings (SSSR count). The van der Waals surface area contributed by atoms with Gasteiger partial charge in [-0.25, -0.2) is 4.39 Å². The smallest absolute Gasteiger partial charge is 0.251 e. The summed E-state index contributed by atoms with van der Waals surface area (Å²) >= 11 is 0. The molecule has 0 heterocycles. The summed E-state index contributed by atoms with van der Waals surface area (Å²) in [5.74, 6) is -1.37. The highest BCUT2D eigenvalue weighted by atomic mass is 19.1. The largest absolute Gasteiger partial charge is 0.507 e. The molecule has 1 saturated carbocycles. The van der Waals surface area contributed by atoms with Crippen LogP contribution in [-0.4, -0.2) is 29.0 Å². The van der Waals surface area contributed by atoms with E-state index in [0.717, 1.165) is 18.4 Å². The van der Waals surface area contributed by atoms with Crippen LogP contribution in [0.4, 0.5) is 4.39 Å². The molecule has 2 aromatic rings. The number of phenols is 1. The van der Waals surface area contributed by atoms with Gasteiger partial charge in [-0.3, -0.25) is 9.59 Å². The number of halogens is 1. The van der Waals surface area contributed by atoms with Gasteiger partial charge in [-0.05, 0) is 75.1 Å². The maximum Gasteiger partial charge on any atom is 0.251 e. The summed E-state index contributed by atoms with van der Waals surface area (Å²) in [5, 5.41) is 16.1. The Hall–Kier alpha value is -3.15. The van der Waals surface area contributed by atoms with Crippen LogP contribution in [0.25, 0.3) is 11.1 Å². The van der Waals surface area contributed by atoms with Gasteiger partial charge in [-0.1, -0.05) is 12.2 Å². The first-order valence-corrected chi connectivity index (χ1v) is 9.58. The predicted molar refractivity (Wildman–Crippen MR) is 110 cm³/mol. The van der Waals surface area contributed by atoms with Gasteiger partial charge in [0.05, 0.1) is 0 Å². The SMILES string of the molecule is C=C(C)[C@@H](C)NC(=O)c1ccc(-c2cc(C(=O)NC3CC3)cc(F)c2C)c(O)c1. The molecule has 3 N–H and O–H groups in total. The van der Waals surface area contributed by atoms with E-state index in [1.807, 2.05) is 13.8 Å². The quantitative estimate of drug-likeness (QED) is 0.644. The average Bonchev–Trinajstić information content (AvgIpc) is 3.47. The number of benzene rings is 2. The summed E-state index contributed by atoms with van der Waals surface area (Å²) < 4.78 is 14.5. The van der Waals surface area contributed by atoms with Gasteiger partial charge in [-0.15, -0.1) is 0 Å². The number of rotatable bonds is 6. The van der Waals surface area contributed by atoms with Gasteiger partial charge < -0.3 is 15.7 Å². The van der Waals surface area contributed by atoms with Crippen molar-refractivity contribution in [3.63, 3.8) is 0 Å². The van der Waals surface area contributed by atoms with Crippen molar-refractivity contribution in [3.8, 4) is 16.9 Å². The number of carbonyl (C=O) groups excluding carboxylic acids is 2. The Labute approximate surface area is 169 Å². The summed E-state index contributed by atoms with van der Waals surface area (Å²) in [4.78, 5) is 24.7. The summed E-state index contributed by atoms with van der Waals surface area (Å²) in [6.45, 7) is 9.02. The molecule has 29 heavy (non-hydrogen) atoms. The molecule has 1 fully saturated rings. The summed E-state index contributed by atoms with van der Waals surface area (Å²) in [5.41, 5.74) is 2.37. The molecule has 0 bridgehead atoms. The van der Waals surface area contributed by atoms with Crippen LogP contribution in [0, 0.1) is 12.7 Å². The summed E-state index contributed by atoms with van der Waals surface area (Å²) in [6, 6.07) is 7.17. The summed E-state index contributed by atoms with van der Waals surface area (Å²) in [6.07, 6.45) is 1.86. The molecule has 5 nitrogen and oxygen atoms in total. The van der Waals surface area contributed by atoms with E-state index in [1.54, 1.807) is 25.1 Å². The Balaban J connectivity index is 1.91. The first-order chi connectivity index (χ1) is 13.7. The van der Waals surface area contributed by atoms with E-state index in [-0.39, 0.29) is 40.8 Å². The van der Waals surface area contributed by atoms with Crippen molar-refractivity contribution < 1.29 is 19.1 Å². The molecule has 2 aromatic carbocycles. The lowest BCUT2D eigenvalue weighted by molar-refractivity contribution is 0.0939. The highest BCUT2D eigenvalue weighted by Gasteiger charge is 2.25. The molecule has 152 valence electrons. The number of phenolic OH excluding ortho intramolecular Hbond substituents is 1. The van der Waals surface area contributed by atoms with Crippen LogP contribution in [0.3, 0.4) is 0 Å². The van der Waals surface area contributed by atoms with E-state index in [4.69, 9.17) is 0 Å². The van der Waals surface area contributed by atoms with Crippen molar-refractivity contribution in [3.05, 3.63) is 65.0 Å². The van der Waals surface area contributed by atoms with E-state index in [1.165, 1.54) is 12.1 Å². The van der Waals surface area contributed by atoms with E-state index >= 15 is 0 Å². The second kappa shape index (κ2) is 8.07. The fourth-order valence-corrected chi connectivity index (χ4v) is 2.89. The number of hydrogen-bond acceptors (Lipinski definition) is 3. The fourth-order valence-electron chi connectivity index (χ4n) is 2.89. The Kier molecular flexibility index (Phi) is 5.73. The minimum Gasteiger partial charge on any atom is -0.507 e. The van der Waals surface area contributed by atoms with Gasteiger partial charge in [0.2, 0.25) is 0 Å². The fraction of sp³-hybridized carbons (Fsp3) is 0.304. The van der Waals surface area contributed by atoms with Crippen LogP contribution in [0.1, 0.15) is 53.0 Å². The van der Waals surface area contributed by atoms with Crippen molar-refractivity contribution in [2.45, 2.75) is 45.7 Å². The van der Waals surface area contributed by atoms with Gasteiger partial charge in [0, 0.05) is 28.8 Å². The molecule has 2 amide bonds. The monoisotopic (exact) mass is 396 g/mol. The molecule has 0 aromatic heterocycles. The van der Waals surface area contributed by atoms with Crippen LogP contribution in [0.2, 0.25) is 0 Å². The third-order valence-corrected chi connectivity index (χ3v) is 5.16. The molecule has 6 heteroatoms. The topological polar surface area (TPSA) is 78.4 Å². The Bertz CT molecular complexity index is 996. The second-order valence-electron chi connectivity index (χ2n) is 7.65. The van der Waals surface area contributed by atoms with Crippen molar-refractivity contribution in [2.75, 3.05) is 0 Å². The molecular formula is C23H25FN2O3. The predicted octanol–water partition coefficient (Wildman–Crippen LogP) is 4.09. The van der Waals surface area contributed by atoms with Gasteiger partial charge in [-0.2, -0.15) is 0 Å². The molecule has 1 atom stereocenters. The standard InChI is InChI=1S/C23H25FN2O3/c1-12(2)14(4)25-22(28)15-5-8-18(21(27)11-15)19-9-16(10-20(24)13(19)3)23(29)26-17-6-7-17/h5,8-11,14,17,27H,1,6-7H2,2-4H3,(H,25,28)(H,26,29)/t14-/m1/s1. The minimum atomic E-state index is -0.528. The molecule has 0 saturated heterocycles. The molecular weight excluding hydrogens is 371 g/mol. The zero-order chi connectivity index (χ0) is 21.3. The zero-order valence-corrected chi connectivity index (χ0v) is 16.8. The molecule has 0 aliphatic heterocycles. The van der Waals surface area contributed by atoms with E-state index < -0.39 is 5.82 Å². The molecule has 1 aliphatic carbocycles. The Morgan fingerprint density at radius 3 is 2.41 bits per heavy atom. The average molecular weight is 396 g/mol. The van der Waals surface area contributed by atoms with Crippen LogP contribution in [-0.2, 0) is 0 Å². The van der Waals surface area contributed by atoms with Crippen LogP contribution in [0.5, 0.6) is 5.75 Å². The normalized spacial score (nSPS) is 14.2. The third-order valence-electron chi connectivity index (χ3n) is 5.16. The maximum absolute atomic E-state index is 14.5. The molecule has 0 spiro atoms. The van der Waals surface area contributed by atoms with Gasteiger partial charge in [0.15, 0.2) is 0 Å². The Morgan fingerprint density at radius 1 is 1.14 bits per heavy atom. The minimum absolute atomic E-state index is 0.156. The van der Waals surface area contributed by atoms with Crippen molar-refractivity contribution in [1.29, 1.82) is 0 Å². The van der Waals surface area contributed by atoms with Gasteiger partial charge >= 0.3 is 0 Å². The Morgan fingerprint density at radius 2 is 1.83 bits per heavy atom. The third kappa shape index (κ3) is 4.65. The first kappa shape index (κ1) is 20.6. The van der Waals surface area contributed by atoms with Gasteiger partial charge in [0.25, 0.3) is 11.8 Å². The highest BCUT2D eigenvalue weighted by molar-refractivity contribution is 5.98. The molecule has 1 aliphatic rings. The van der Waals surface area contributed by atoms with Crippen molar-refractivity contribution in [2.24, 2.45) is 0 Å². The van der Waals surface area contributed by atoms with Crippen molar-refractivity contribution in [1.82, 2.24) is 10.6 Å². The number of aromatic hydroxyl groups is 1. The number of nitrogens with one attached hydrogen (secondary N) is 2. The number of hydrogen-bond donors (Lipinski definition) is 3. The lowest BCUT2D eigenvalue weighted by Crippen LogP contribution is -2.33. The molecule has 0 radical (unpaired) electrons. The summed E-state index contributed by atoms with van der Waals surface area (Å²) in [7, 11) is 0. The first-order valence-electron chi connectivity index (χ1n) is 9.58. The lowest BCUT2D eigenvalue weighted by Gasteiger charge is -2.15. The highest BCUT2D eigenvalue weighted by Crippen LogP contribution is 2.34. The van der Waals surface area contributed by atoms with Gasteiger partial charge in [0.1, 0.15) is 11.6 Å². The number of carbonyl (C=O) groups is 2. The van der Waals surface area contributed by atoms with Crippen LogP contribution in [0.15, 0.2) is 42.5 Å². The second-order valence-corrected chi connectivity index (χ2v) is 7.65.